The molecule has 1 N–H and O–H groups in total. The van der Waals surface area contributed by atoms with Crippen molar-refractivity contribution in [2.24, 2.45) is 5.92 Å². The molecule has 3 aromatic rings. The Morgan fingerprint density at radius 2 is 2.06 bits per heavy atom. The van der Waals surface area contributed by atoms with Gasteiger partial charge in [0.25, 0.3) is 0 Å². The number of thioether (sulfide) groups is 1. The molecule has 160 valence electrons. The van der Waals surface area contributed by atoms with Crippen LogP contribution in [0.2, 0.25) is 0 Å². The van der Waals surface area contributed by atoms with Crippen molar-refractivity contribution in [3.8, 4) is 23.1 Å². The van der Waals surface area contributed by atoms with Crippen LogP contribution >= 0.6 is 11.8 Å². The zero-order valence-corrected chi connectivity index (χ0v) is 19.2. The number of rotatable bonds is 7. The fourth-order valence-electron chi connectivity index (χ4n) is 3.08. The number of benzene rings is 1. The lowest BCUT2D eigenvalue weighted by molar-refractivity contribution is -0.120. The van der Waals surface area contributed by atoms with E-state index in [1.54, 1.807) is 19.3 Å². The third-order valence-corrected chi connectivity index (χ3v) is 6.19. The number of aromatic nitrogens is 4. The fraction of sp³-hybridized carbons (Fsp3) is 0.348. The van der Waals surface area contributed by atoms with Gasteiger partial charge in [-0.1, -0.05) is 43.3 Å². The smallest absolute Gasteiger partial charge is 0.231 e. The number of nitrogens with one attached hydrogen (secondary N) is 1. The van der Waals surface area contributed by atoms with Gasteiger partial charge >= 0.3 is 0 Å². The van der Waals surface area contributed by atoms with E-state index in [0.717, 1.165) is 22.4 Å². The van der Waals surface area contributed by atoms with Gasteiger partial charge in [-0.15, -0.1) is 10.2 Å². The van der Waals surface area contributed by atoms with Gasteiger partial charge in [-0.2, -0.15) is 5.26 Å². The number of hydrogen-bond donors (Lipinski definition) is 1. The highest BCUT2D eigenvalue weighted by atomic mass is 32.2. The van der Waals surface area contributed by atoms with Crippen LogP contribution in [0.3, 0.4) is 0 Å². The minimum Gasteiger partial charge on any atom is -0.337 e. The topological polar surface area (TPSA) is 96.5 Å². The highest BCUT2D eigenvalue weighted by Gasteiger charge is 2.30. The SMILES string of the molecule is Cc1ccc(-n2c(SCC(=O)N[C@@](C)(C#N)C(C)C)nnc2-c2cccnc2)c(C)c1. The minimum absolute atomic E-state index is 0.0116. The van der Waals surface area contributed by atoms with Crippen LogP contribution < -0.4 is 5.32 Å². The Hall–Kier alpha value is -3.18. The number of nitrogens with zero attached hydrogens (tertiary/aromatic N) is 5. The summed E-state index contributed by atoms with van der Waals surface area (Å²) in [5.74, 6) is 0.551. The maximum atomic E-state index is 12.6. The third-order valence-electron chi connectivity index (χ3n) is 5.26. The molecule has 1 amide bonds. The molecule has 0 fully saturated rings. The number of nitriles is 1. The molecule has 0 unspecified atom stereocenters. The first-order chi connectivity index (χ1) is 14.7. The van der Waals surface area contributed by atoms with E-state index in [1.807, 2.05) is 56.5 Å². The van der Waals surface area contributed by atoms with Crippen molar-refractivity contribution in [1.82, 2.24) is 25.1 Å². The molecule has 0 aliphatic carbocycles. The van der Waals surface area contributed by atoms with Crippen molar-refractivity contribution in [2.75, 3.05) is 5.75 Å². The van der Waals surface area contributed by atoms with Crippen LogP contribution in [0.25, 0.3) is 17.1 Å². The van der Waals surface area contributed by atoms with E-state index in [1.165, 1.54) is 11.8 Å². The molecule has 7 nitrogen and oxygen atoms in total. The van der Waals surface area contributed by atoms with Crippen LogP contribution in [0.1, 0.15) is 31.9 Å². The maximum absolute atomic E-state index is 12.6. The fourth-order valence-corrected chi connectivity index (χ4v) is 3.82. The lowest BCUT2D eigenvalue weighted by Crippen LogP contribution is -2.49. The Balaban J connectivity index is 1.93. The van der Waals surface area contributed by atoms with Crippen LogP contribution in [0.5, 0.6) is 0 Å². The van der Waals surface area contributed by atoms with E-state index in [-0.39, 0.29) is 17.6 Å². The number of pyridine rings is 1. The second kappa shape index (κ2) is 9.31. The number of amides is 1. The molecule has 3 rings (SSSR count). The molecule has 1 aromatic carbocycles. The Morgan fingerprint density at radius 1 is 1.29 bits per heavy atom. The summed E-state index contributed by atoms with van der Waals surface area (Å²) < 4.78 is 1.95. The van der Waals surface area contributed by atoms with Crippen molar-refractivity contribution >= 4 is 17.7 Å². The molecule has 0 saturated heterocycles. The van der Waals surface area contributed by atoms with Crippen LogP contribution in [0.15, 0.2) is 47.9 Å². The van der Waals surface area contributed by atoms with Crippen LogP contribution in [-0.2, 0) is 4.79 Å². The first-order valence-electron chi connectivity index (χ1n) is 10.0. The van der Waals surface area contributed by atoms with Gasteiger partial charge in [0, 0.05) is 18.0 Å². The lowest BCUT2D eigenvalue weighted by Gasteiger charge is -2.27. The first-order valence-corrected chi connectivity index (χ1v) is 11.0. The van der Waals surface area contributed by atoms with Gasteiger partial charge in [-0.05, 0) is 50.5 Å². The molecule has 0 spiro atoms. The largest absolute Gasteiger partial charge is 0.337 e. The Kier molecular flexibility index (Phi) is 6.76. The average molecular weight is 435 g/mol. The number of hydrogen-bond acceptors (Lipinski definition) is 6. The van der Waals surface area contributed by atoms with Gasteiger partial charge in [0.1, 0.15) is 5.54 Å². The second-order valence-electron chi connectivity index (χ2n) is 7.98. The summed E-state index contributed by atoms with van der Waals surface area (Å²) in [5.41, 5.74) is 3.10. The molecule has 8 heteroatoms. The first kappa shape index (κ1) is 22.5. The highest BCUT2D eigenvalue weighted by Crippen LogP contribution is 2.29. The van der Waals surface area contributed by atoms with Gasteiger partial charge in [0.15, 0.2) is 11.0 Å². The van der Waals surface area contributed by atoms with Crippen molar-refractivity contribution < 1.29 is 4.79 Å². The van der Waals surface area contributed by atoms with E-state index in [2.05, 4.69) is 32.6 Å². The Morgan fingerprint density at radius 3 is 2.68 bits per heavy atom. The number of carbonyl (C=O) groups excluding carboxylic acids is 1. The maximum Gasteiger partial charge on any atom is 0.231 e. The van der Waals surface area contributed by atoms with Crippen LogP contribution in [-0.4, -0.2) is 36.9 Å². The number of aryl methyl sites for hydroxylation is 2. The molecule has 0 aliphatic heterocycles. The van der Waals surface area contributed by atoms with Crippen molar-refractivity contribution in [3.05, 3.63) is 53.9 Å². The molecule has 0 aliphatic rings. The van der Waals surface area contributed by atoms with Gasteiger partial charge in [-0.25, -0.2) is 0 Å². The predicted octanol–water partition coefficient (Wildman–Crippen LogP) is 4.09. The monoisotopic (exact) mass is 434 g/mol. The molecule has 1 atom stereocenters. The molecule has 0 bridgehead atoms. The summed E-state index contributed by atoms with van der Waals surface area (Å²) in [7, 11) is 0. The summed E-state index contributed by atoms with van der Waals surface area (Å²) >= 11 is 1.29. The zero-order chi connectivity index (χ0) is 22.6. The number of carbonyl (C=O) groups is 1. The molecular weight excluding hydrogens is 408 g/mol. The average Bonchev–Trinajstić information content (AvgIpc) is 3.16. The summed E-state index contributed by atoms with van der Waals surface area (Å²) in [6.45, 7) is 9.64. The highest BCUT2D eigenvalue weighted by molar-refractivity contribution is 7.99. The Bertz CT molecular complexity index is 1120. The van der Waals surface area contributed by atoms with Gasteiger partial charge in [0.05, 0.1) is 17.5 Å². The van der Waals surface area contributed by atoms with E-state index in [0.29, 0.717) is 11.0 Å². The second-order valence-corrected chi connectivity index (χ2v) is 8.92. The Labute approximate surface area is 186 Å². The minimum atomic E-state index is -0.917. The van der Waals surface area contributed by atoms with E-state index in [4.69, 9.17) is 0 Å². The van der Waals surface area contributed by atoms with Crippen molar-refractivity contribution in [2.45, 2.75) is 45.3 Å². The van der Waals surface area contributed by atoms with Gasteiger partial charge in [-0.3, -0.25) is 14.3 Å². The normalized spacial score (nSPS) is 12.9. The molecule has 0 radical (unpaired) electrons. The molecule has 2 aromatic heterocycles. The van der Waals surface area contributed by atoms with Gasteiger partial charge < -0.3 is 5.32 Å². The molecule has 31 heavy (non-hydrogen) atoms. The summed E-state index contributed by atoms with van der Waals surface area (Å²) in [5, 5.41) is 21.7. The van der Waals surface area contributed by atoms with Crippen LogP contribution in [0.4, 0.5) is 0 Å². The lowest BCUT2D eigenvalue weighted by atomic mass is 9.90. The van der Waals surface area contributed by atoms with Crippen molar-refractivity contribution in [3.63, 3.8) is 0 Å². The van der Waals surface area contributed by atoms with Crippen molar-refractivity contribution in [1.29, 1.82) is 5.26 Å². The standard InChI is InChI=1S/C23H26N6OS/c1-15(2)23(5,14-24)26-20(30)13-31-22-28-27-21(18-7-6-10-25-12-18)29(22)19-9-8-16(3)11-17(19)4/h6-12,15H,13H2,1-5H3,(H,26,30)/t23-/m0/s1. The van der Waals surface area contributed by atoms with E-state index in [9.17, 15) is 10.1 Å². The zero-order valence-electron chi connectivity index (χ0n) is 18.4. The molecule has 0 saturated carbocycles. The van der Waals surface area contributed by atoms with Gasteiger partial charge in [0.2, 0.25) is 5.91 Å². The quantitative estimate of drug-likeness (QED) is 0.563. The predicted molar refractivity (Wildman–Crippen MR) is 122 cm³/mol. The summed E-state index contributed by atoms with van der Waals surface area (Å²) in [6, 6.07) is 12.2. The summed E-state index contributed by atoms with van der Waals surface area (Å²) in [4.78, 5) is 16.8. The molecule has 2 heterocycles. The van der Waals surface area contributed by atoms with Crippen LogP contribution in [0, 0.1) is 31.1 Å². The molecular formula is C23H26N6OS. The van der Waals surface area contributed by atoms with E-state index >= 15 is 0 Å². The third kappa shape index (κ3) is 4.94. The van der Waals surface area contributed by atoms with E-state index < -0.39 is 5.54 Å². The summed E-state index contributed by atoms with van der Waals surface area (Å²) in [6.07, 6.45) is 3.45.